The summed E-state index contributed by atoms with van der Waals surface area (Å²) in [5.74, 6) is -1.05. The SMILES string of the molecule is Cc1ccc(NC(=O)[C@H](C)OC(=O)CCC(=O)c2cc(C)sc2C)cc1. The van der Waals surface area contributed by atoms with Crippen LogP contribution in [0.1, 0.15) is 45.4 Å². The van der Waals surface area contributed by atoms with Crippen molar-refractivity contribution in [2.45, 2.75) is 46.6 Å². The number of amides is 1. The predicted octanol–water partition coefficient (Wildman–Crippen LogP) is 4.21. The molecule has 0 aliphatic carbocycles. The van der Waals surface area contributed by atoms with Crippen molar-refractivity contribution in [1.29, 1.82) is 0 Å². The number of Topliss-reactive ketones (excluding diaryl/α,β-unsaturated/α-hetero) is 1. The van der Waals surface area contributed by atoms with Crippen molar-refractivity contribution in [3.63, 3.8) is 0 Å². The smallest absolute Gasteiger partial charge is 0.307 e. The molecule has 0 radical (unpaired) electrons. The number of benzene rings is 1. The molecule has 0 spiro atoms. The van der Waals surface area contributed by atoms with E-state index in [1.807, 2.05) is 39.0 Å². The van der Waals surface area contributed by atoms with E-state index in [0.717, 1.165) is 15.3 Å². The molecule has 1 atom stereocenters. The molecule has 0 saturated carbocycles. The highest BCUT2D eigenvalue weighted by Crippen LogP contribution is 2.22. The zero-order valence-corrected chi connectivity index (χ0v) is 16.2. The normalized spacial score (nSPS) is 11.7. The lowest BCUT2D eigenvalue weighted by Gasteiger charge is -2.13. The van der Waals surface area contributed by atoms with Crippen molar-refractivity contribution in [1.82, 2.24) is 0 Å². The number of carbonyl (C=O) groups is 3. The molecule has 1 aromatic carbocycles. The molecule has 0 aliphatic heterocycles. The van der Waals surface area contributed by atoms with Gasteiger partial charge < -0.3 is 10.1 Å². The number of hydrogen-bond donors (Lipinski definition) is 1. The van der Waals surface area contributed by atoms with Crippen LogP contribution in [0, 0.1) is 20.8 Å². The number of ketones is 1. The van der Waals surface area contributed by atoms with Crippen molar-refractivity contribution in [3.05, 3.63) is 51.2 Å². The van der Waals surface area contributed by atoms with Gasteiger partial charge in [0.25, 0.3) is 5.91 Å². The van der Waals surface area contributed by atoms with Crippen LogP contribution in [0.2, 0.25) is 0 Å². The van der Waals surface area contributed by atoms with E-state index in [1.54, 1.807) is 23.5 Å². The molecule has 26 heavy (non-hydrogen) atoms. The van der Waals surface area contributed by atoms with Crippen LogP contribution in [-0.2, 0) is 14.3 Å². The van der Waals surface area contributed by atoms with E-state index in [0.29, 0.717) is 11.3 Å². The van der Waals surface area contributed by atoms with Gasteiger partial charge in [0.15, 0.2) is 11.9 Å². The topological polar surface area (TPSA) is 72.5 Å². The van der Waals surface area contributed by atoms with Crippen LogP contribution in [0.25, 0.3) is 0 Å². The van der Waals surface area contributed by atoms with E-state index in [2.05, 4.69) is 5.32 Å². The van der Waals surface area contributed by atoms with Gasteiger partial charge in [-0.05, 0) is 45.9 Å². The van der Waals surface area contributed by atoms with Crippen LogP contribution in [0.5, 0.6) is 0 Å². The number of nitrogens with one attached hydrogen (secondary N) is 1. The number of ether oxygens (including phenoxy) is 1. The molecule has 0 bridgehead atoms. The minimum Gasteiger partial charge on any atom is -0.453 e. The number of aryl methyl sites for hydroxylation is 3. The van der Waals surface area contributed by atoms with E-state index in [4.69, 9.17) is 4.74 Å². The predicted molar refractivity (Wildman–Crippen MR) is 103 cm³/mol. The Hall–Kier alpha value is -2.47. The van der Waals surface area contributed by atoms with E-state index < -0.39 is 18.0 Å². The molecule has 2 rings (SSSR count). The maximum atomic E-state index is 12.2. The molecular formula is C20H23NO4S. The first kappa shape index (κ1) is 19.8. The maximum absolute atomic E-state index is 12.2. The van der Waals surface area contributed by atoms with Crippen molar-refractivity contribution >= 4 is 34.7 Å². The summed E-state index contributed by atoms with van der Waals surface area (Å²) in [7, 11) is 0. The highest BCUT2D eigenvalue weighted by molar-refractivity contribution is 7.12. The Labute approximate surface area is 157 Å². The first-order valence-corrected chi connectivity index (χ1v) is 9.25. The van der Waals surface area contributed by atoms with Crippen LogP contribution < -0.4 is 5.32 Å². The third kappa shape index (κ3) is 5.52. The minimum absolute atomic E-state index is 0.0463. The zero-order chi connectivity index (χ0) is 19.3. The molecule has 1 amide bonds. The molecular weight excluding hydrogens is 350 g/mol. The van der Waals surface area contributed by atoms with Gasteiger partial charge in [0.05, 0.1) is 6.42 Å². The average molecular weight is 373 g/mol. The van der Waals surface area contributed by atoms with E-state index >= 15 is 0 Å². The highest BCUT2D eigenvalue weighted by Gasteiger charge is 2.19. The molecule has 138 valence electrons. The first-order valence-electron chi connectivity index (χ1n) is 8.43. The largest absolute Gasteiger partial charge is 0.453 e. The second-order valence-corrected chi connectivity index (χ2v) is 7.70. The summed E-state index contributed by atoms with van der Waals surface area (Å²) in [6.07, 6.45) is -0.902. The van der Waals surface area contributed by atoms with Crippen LogP contribution in [0.3, 0.4) is 0 Å². The van der Waals surface area contributed by atoms with Gasteiger partial charge in [0.2, 0.25) is 0 Å². The molecule has 2 aromatic rings. The third-order valence-electron chi connectivity index (χ3n) is 3.89. The Morgan fingerprint density at radius 2 is 1.73 bits per heavy atom. The van der Waals surface area contributed by atoms with Gasteiger partial charge in [0, 0.05) is 27.4 Å². The second-order valence-electron chi connectivity index (χ2n) is 6.24. The first-order chi connectivity index (χ1) is 12.3. The summed E-state index contributed by atoms with van der Waals surface area (Å²) in [4.78, 5) is 38.2. The van der Waals surface area contributed by atoms with Crippen LogP contribution in [-0.4, -0.2) is 23.8 Å². The summed E-state index contributed by atoms with van der Waals surface area (Å²) >= 11 is 1.56. The monoisotopic (exact) mass is 373 g/mol. The van der Waals surface area contributed by atoms with Crippen LogP contribution in [0.15, 0.2) is 30.3 Å². The van der Waals surface area contributed by atoms with Gasteiger partial charge in [-0.25, -0.2) is 0 Å². The lowest BCUT2D eigenvalue weighted by atomic mass is 10.1. The van der Waals surface area contributed by atoms with Crippen LogP contribution >= 0.6 is 11.3 Å². The van der Waals surface area contributed by atoms with Gasteiger partial charge in [-0.15, -0.1) is 11.3 Å². The standard InChI is InChI=1S/C20H23NO4S/c1-12-5-7-16(8-6-12)21-20(24)14(3)25-19(23)10-9-18(22)17-11-13(2)26-15(17)4/h5-8,11,14H,9-10H2,1-4H3,(H,21,24)/t14-/m0/s1. The van der Waals surface area contributed by atoms with Crippen molar-refractivity contribution in [3.8, 4) is 0 Å². The fraction of sp³-hybridized carbons (Fsp3) is 0.350. The average Bonchev–Trinajstić information content (AvgIpc) is 2.93. The van der Waals surface area contributed by atoms with E-state index in [1.165, 1.54) is 6.92 Å². The number of hydrogen-bond acceptors (Lipinski definition) is 5. The summed E-state index contributed by atoms with van der Waals surface area (Å²) in [5, 5.41) is 2.69. The lowest BCUT2D eigenvalue weighted by Crippen LogP contribution is -2.30. The molecule has 1 N–H and O–H groups in total. The number of esters is 1. The van der Waals surface area contributed by atoms with Gasteiger partial charge in [0.1, 0.15) is 0 Å². The second kappa shape index (κ2) is 8.76. The van der Waals surface area contributed by atoms with Crippen molar-refractivity contribution in [2.75, 3.05) is 5.32 Å². The summed E-state index contributed by atoms with van der Waals surface area (Å²) in [6, 6.07) is 9.17. The van der Waals surface area contributed by atoms with Gasteiger partial charge in [-0.3, -0.25) is 14.4 Å². The Morgan fingerprint density at radius 1 is 1.08 bits per heavy atom. The highest BCUT2D eigenvalue weighted by atomic mass is 32.1. The molecule has 6 heteroatoms. The van der Waals surface area contributed by atoms with Gasteiger partial charge >= 0.3 is 5.97 Å². The molecule has 0 aliphatic rings. The van der Waals surface area contributed by atoms with Gasteiger partial charge in [-0.1, -0.05) is 17.7 Å². The zero-order valence-electron chi connectivity index (χ0n) is 15.4. The number of anilines is 1. The Morgan fingerprint density at radius 3 is 2.31 bits per heavy atom. The summed E-state index contributed by atoms with van der Waals surface area (Å²) < 4.78 is 5.13. The number of rotatable bonds is 7. The van der Waals surface area contributed by atoms with Crippen molar-refractivity contribution in [2.24, 2.45) is 0 Å². The molecule has 1 aromatic heterocycles. The van der Waals surface area contributed by atoms with Crippen LogP contribution in [0.4, 0.5) is 5.69 Å². The summed E-state index contributed by atoms with van der Waals surface area (Å²) in [6.45, 7) is 7.30. The molecule has 0 unspecified atom stereocenters. The van der Waals surface area contributed by atoms with E-state index in [9.17, 15) is 14.4 Å². The molecule has 0 saturated heterocycles. The fourth-order valence-electron chi connectivity index (χ4n) is 2.45. The van der Waals surface area contributed by atoms with Gasteiger partial charge in [-0.2, -0.15) is 0 Å². The van der Waals surface area contributed by atoms with E-state index in [-0.39, 0.29) is 18.6 Å². The number of thiophene rings is 1. The Balaban J connectivity index is 1.81. The third-order valence-corrected chi connectivity index (χ3v) is 4.86. The Kier molecular flexibility index (Phi) is 6.69. The molecule has 1 heterocycles. The lowest BCUT2D eigenvalue weighted by molar-refractivity contribution is -0.153. The quantitative estimate of drug-likeness (QED) is 0.583. The maximum Gasteiger partial charge on any atom is 0.307 e. The Bertz CT molecular complexity index is 808. The molecule has 5 nitrogen and oxygen atoms in total. The molecule has 0 fully saturated rings. The van der Waals surface area contributed by atoms with Crippen molar-refractivity contribution < 1.29 is 19.1 Å². The number of carbonyl (C=O) groups excluding carboxylic acids is 3. The summed E-state index contributed by atoms with van der Waals surface area (Å²) in [5.41, 5.74) is 2.38. The fourth-order valence-corrected chi connectivity index (χ4v) is 3.39. The minimum atomic E-state index is -0.927.